The first-order chi connectivity index (χ1) is 1.91. The molecule has 0 aliphatic rings. The van der Waals surface area contributed by atoms with Crippen LogP contribution >= 0.6 is 18.5 Å². The van der Waals surface area contributed by atoms with E-state index in [1.165, 1.54) is 12.3 Å². The van der Waals surface area contributed by atoms with E-state index in [0.717, 1.165) is 0 Å². The highest BCUT2D eigenvalue weighted by Crippen LogP contribution is 1.83. The van der Waals surface area contributed by atoms with Crippen molar-refractivity contribution < 1.29 is 0 Å². The minimum atomic E-state index is 1.20. The maximum absolute atomic E-state index is 2.63. The van der Waals surface area contributed by atoms with E-state index in [4.69, 9.17) is 0 Å². The van der Waals surface area contributed by atoms with Crippen molar-refractivity contribution in [3.05, 3.63) is 0 Å². The first-order valence-corrected chi connectivity index (χ1v) is 2.95. The fraction of sp³-hybridized carbons (Fsp3) is 1.00. The van der Waals surface area contributed by atoms with Gasteiger partial charge in [0.2, 0.25) is 0 Å². The monoisotopic (exact) mass is 94.0 g/mol. The second-order valence-corrected chi connectivity index (χ2v) is 1.73. The summed E-state index contributed by atoms with van der Waals surface area (Å²) in [6.45, 7) is 0. The molecule has 2 heteroatoms. The second-order valence-electron chi connectivity index (χ2n) is 0.577. The van der Waals surface area contributed by atoms with Gasteiger partial charge < -0.3 is 0 Å². The molecular weight excluding hydrogens is 86.0 g/mol. The summed E-state index contributed by atoms with van der Waals surface area (Å²) in [5, 5.41) is 0. The topological polar surface area (TPSA) is 0 Å². The standard InChI is InChI=1S/C2H8P2/c3-1-2-4/h1-4H2. The van der Waals surface area contributed by atoms with Crippen molar-refractivity contribution in [2.24, 2.45) is 0 Å². The minimum absolute atomic E-state index is 1.20. The average Bonchev–Trinajstić information content (AvgIpc) is 1.37. The molecule has 2 unspecified atom stereocenters. The Labute approximate surface area is 31.8 Å². The average molecular weight is 94.0 g/mol. The van der Waals surface area contributed by atoms with Crippen LogP contribution in [0.5, 0.6) is 0 Å². The van der Waals surface area contributed by atoms with Crippen molar-refractivity contribution in [2.75, 3.05) is 12.3 Å². The third-order valence-corrected chi connectivity index (χ3v) is 1.50. The molecule has 0 N–H and O–H groups in total. The van der Waals surface area contributed by atoms with E-state index in [0.29, 0.717) is 0 Å². The lowest BCUT2D eigenvalue weighted by atomic mass is 11.0. The van der Waals surface area contributed by atoms with Crippen LogP contribution in [0.2, 0.25) is 0 Å². The summed E-state index contributed by atoms with van der Waals surface area (Å²) in [6, 6.07) is 0. The molecule has 4 heavy (non-hydrogen) atoms. The fourth-order valence-corrected chi connectivity index (χ4v) is 0. The largest absolute Gasteiger partial charge is 0.137 e. The van der Waals surface area contributed by atoms with Crippen molar-refractivity contribution >= 4 is 18.5 Å². The molecule has 0 aliphatic carbocycles. The molecule has 0 saturated heterocycles. The smallest absolute Gasteiger partial charge is 0.0346 e. The van der Waals surface area contributed by atoms with Crippen molar-refractivity contribution in [3.63, 3.8) is 0 Å². The molecule has 0 aliphatic heterocycles. The molecule has 0 heterocycles. The summed E-state index contributed by atoms with van der Waals surface area (Å²) in [5.41, 5.74) is 0. The third-order valence-electron chi connectivity index (χ3n) is 0.167. The van der Waals surface area contributed by atoms with Gasteiger partial charge in [-0.25, -0.2) is 0 Å². The van der Waals surface area contributed by atoms with Gasteiger partial charge in [0.25, 0.3) is 0 Å². The van der Waals surface area contributed by atoms with Crippen molar-refractivity contribution in [1.29, 1.82) is 0 Å². The lowest BCUT2D eigenvalue weighted by molar-refractivity contribution is 1.57. The van der Waals surface area contributed by atoms with E-state index >= 15 is 0 Å². The molecule has 0 aromatic heterocycles. The predicted octanol–water partition coefficient (Wildman–Crippen LogP) is 0.737. The molecule has 0 fully saturated rings. The number of hydrogen-bond acceptors (Lipinski definition) is 0. The number of rotatable bonds is 1. The van der Waals surface area contributed by atoms with E-state index in [1.54, 1.807) is 0 Å². The molecule has 0 aromatic carbocycles. The molecule has 0 nitrogen and oxygen atoms in total. The highest BCUT2D eigenvalue weighted by molar-refractivity contribution is 7.21. The van der Waals surface area contributed by atoms with Gasteiger partial charge in [-0.2, -0.15) is 0 Å². The predicted molar refractivity (Wildman–Crippen MR) is 29.2 cm³/mol. The highest BCUT2D eigenvalue weighted by atomic mass is 31.0. The first kappa shape index (κ1) is 4.86. The highest BCUT2D eigenvalue weighted by Gasteiger charge is 1.56. The Morgan fingerprint density at radius 3 is 1.25 bits per heavy atom. The molecule has 0 radical (unpaired) electrons. The van der Waals surface area contributed by atoms with Gasteiger partial charge >= 0.3 is 0 Å². The van der Waals surface area contributed by atoms with Crippen molar-refractivity contribution in [3.8, 4) is 0 Å². The summed E-state index contributed by atoms with van der Waals surface area (Å²) in [7, 11) is 5.27. The van der Waals surface area contributed by atoms with Crippen molar-refractivity contribution in [1.82, 2.24) is 0 Å². The van der Waals surface area contributed by atoms with E-state index in [-0.39, 0.29) is 0 Å². The summed E-state index contributed by atoms with van der Waals surface area (Å²) >= 11 is 0. The quantitative estimate of drug-likeness (QED) is 0.420. The third kappa shape index (κ3) is 2.86. The molecule has 0 aromatic rings. The first-order valence-electron chi connectivity index (χ1n) is 1.32. The summed E-state index contributed by atoms with van der Waals surface area (Å²) in [4.78, 5) is 0. The van der Waals surface area contributed by atoms with Gasteiger partial charge in [0.15, 0.2) is 0 Å². The second kappa shape index (κ2) is 3.86. The van der Waals surface area contributed by atoms with E-state index in [2.05, 4.69) is 18.5 Å². The van der Waals surface area contributed by atoms with Crippen LogP contribution in [-0.2, 0) is 0 Å². The Morgan fingerprint density at radius 2 is 1.25 bits per heavy atom. The van der Waals surface area contributed by atoms with Crippen LogP contribution in [0.25, 0.3) is 0 Å². The van der Waals surface area contributed by atoms with Crippen LogP contribution < -0.4 is 0 Å². The van der Waals surface area contributed by atoms with Gasteiger partial charge in [0, 0.05) is 0 Å². The van der Waals surface area contributed by atoms with Crippen molar-refractivity contribution in [2.45, 2.75) is 0 Å². The lowest BCUT2D eigenvalue weighted by Gasteiger charge is -1.68. The maximum Gasteiger partial charge on any atom is -0.0346 e. The normalized spacial score (nSPS) is 7.50. The minimum Gasteiger partial charge on any atom is -0.137 e. The van der Waals surface area contributed by atoms with Gasteiger partial charge in [-0.05, 0) is 12.3 Å². The van der Waals surface area contributed by atoms with Gasteiger partial charge in [0.05, 0.1) is 0 Å². The van der Waals surface area contributed by atoms with Crippen LogP contribution in [0.15, 0.2) is 0 Å². The summed E-state index contributed by atoms with van der Waals surface area (Å²) in [5.74, 6) is 0. The molecule has 0 bridgehead atoms. The Kier molecular flexibility index (Phi) is 4.69. The van der Waals surface area contributed by atoms with Gasteiger partial charge in [-0.3, -0.25) is 0 Å². The summed E-state index contributed by atoms with van der Waals surface area (Å²) in [6.07, 6.45) is 2.40. The van der Waals surface area contributed by atoms with Crippen LogP contribution in [0.4, 0.5) is 0 Å². The molecule has 0 rings (SSSR count). The zero-order valence-corrected chi connectivity index (χ0v) is 4.88. The van der Waals surface area contributed by atoms with Gasteiger partial charge in [-0.15, -0.1) is 18.5 Å². The zero-order valence-electron chi connectivity index (χ0n) is 2.57. The fourth-order valence-electron chi connectivity index (χ4n) is 0. The Bertz CT molecular complexity index is 6.00. The zero-order chi connectivity index (χ0) is 3.41. The maximum atomic E-state index is 2.63. The number of hydrogen-bond donors (Lipinski definition) is 0. The summed E-state index contributed by atoms with van der Waals surface area (Å²) < 4.78 is 0. The van der Waals surface area contributed by atoms with Gasteiger partial charge in [-0.1, -0.05) is 0 Å². The van der Waals surface area contributed by atoms with Crippen LogP contribution in [0.3, 0.4) is 0 Å². The van der Waals surface area contributed by atoms with E-state index < -0.39 is 0 Å². The Hall–Kier alpha value is 0.860. The SMILES string of the molecule is PCCP. The lowest BCUT2D eigenvalue weighted by Crippen LogP contribution is -1.61. The van der Waals surface area contributed by atoms with E-state index in [9.17, 15) is 0 Å². The van der Waals surface area contributed by atoms with Crippen LogP contribution in [-0.4, -0.2) is 12.3 Å². The molecule has 26 valence electrons. The molecule has 0 amide bonds. The van der Waals surface area contributed by atoms with Crippen LogP contribution in [0.1, 0.15) is 0 Å². The Balaban J connectivity index is 1.97. The van der Waals surface area contributed by atoms with Gasteiger partial charge in [0.1, 0.15) is 0 Å². The molecule has 2 atom stereocenters. The molecule has 0 saturated carbocycles. The van der Waals surface area contributed by atoms with Crippen LogP contribution in [0, 0.1) is 0 Å². The Morgan fingerprint density at radius 1 is 1.00 bits per heavy atom. The van der Waals surface area contributed by atoms with E-state index in [1.807, 2.05) is 0 Å². The molecule has 0 spiro atoms. The molecular formula is C2H8P2.